The summed E-state index contributed by atoms with van der Waals surface area (Å²) < 4.78 is 52.6. The summed E-state index contributed by atoms with van der Waals surface area (Å²) in [7, 11) is 0. The average Bonchev–Trinajstić information content (AvgIpc) is 3.35. The number of aliphatic hydroxyl groups is 9. The number of aliphatic hydroxyl groups excluding tert-OH is 9. The van der Waals surface area contributed by atoms with E-state index in [1.54, 1.807) is 12.1 Å². The molecule has 0 aliphatic carbocycles. The summed E-state index contributed by atoms with van der Waals surface area (Å²) >= 11 is 3.73. The minimum Gasteiger partial charge on any atom is -0.494 e. The Labute approximate surface area is 427 Å². The fourth-order valence-electron chi connectivity index (χ4n) is 9.21. The van der Waals surface area contributed by atoms with Gasteiger partial charge in [-0.3, -0.25) is 19.2 Å². The van der Waals surface area contributed by atoms with E-state index in [4.69, 9.17) is 42.1 Å². The van der Waals surface area contributed by atoms with E-state index in [1.807, 2.05) is 0 Å². The number of carbonyl (C=O) groups is 4. The fraction of sp³-hybridized carbons (Fsp3) is 0.783. The molecule has 1 aromatic rings. The number of hydrogen-bond acceptors (Lipinski definition) is 23. The molecule has 4 aliphatic rings. The molecule has 4 aliphatic heterocycles. The van der Waals surface area contributed by atoms with E-state index in [2.05, 4.69) is 41.1 Å². The van der Waals surface area contributed by atoms with Gasteiger partial charge in [0.15, 0.2) is 25.2 Å². The summed E-state index contributed by atoms with van der Waals surface area (Å²) in [6.07, 6.45) is -19.6. The number of thiol groups is 1. The number of amides is 4. The lowest BCUT2D eigenvalue weighted by Crippen LogP contribution is -2.71. The molecule has 0 bridgehead atoms. The summed E-state index contributed by atoms with van der Waals surface area (Å²) in [6.45, 7) is 2.78. The minimum absolute atomic E-state index is 0.0961. The SMILES string of the molecule is CCCCCCCCCOc1cccc(C(=O)N[C@@H]2C(OC3C(CO)OC(OC4C(CO)OC(OC5C(COS)OC(O)C(NC(C)=O)C5O)[C@@H](NC(C)=O)C4O)[C@@H](NC(C)=O)C3O)OC(CO)C(O)C2O)c1. The van der Waals surface area contributed by atoms with Gasteiger partial charge in [-0.15, -0.1) is 0 Å². The average molecular weight is 1070 g/mol. The molecule has 0 saturated carbocycles. The van der Waals surface area contributed by atoms with Crippen LogP contribution in [0.3, 0.4) is 0 Å². The fourth-order valence-corrected chi connectivity index (χ4v) is 9.35. The third-order valence-electron chi connectivity index (χ3n) is 12.9. The van der Waals surface area contributed by atoms with E-state index in [1.165, 1.54) is 25.0 Å². The lowest BCUT2D eigenvalue weighted by atomic mass is 9.93. The van der Waals surface area contributed by atoms with Crippen molar-refractivity contribution in [1.82, 2.24) is 21.3 Å². The third kappa shape index (κ3) is 16.1. The Morgan fingerprint density at radius 2 is 1.01 bits per heavy atom. The van der Waals surface area contributed by atoms with Crippen LogP contribution < -0.4 is 26.0 Å². The summed E-state index contributed by atoms with van der Waals surface area (Å²) in [5.74, 6) is -2.50. The Kier molecular flexibility index (Phi) is 24.2. The van der Waals surface area contributed by atoms with E-state index in [0.717, 1.165) is 52.9 Å². The van der Waals surface area contributed by atoms with E-state index in [9.17, 15) is 65.1 Å². The van der Waals surface area contributed by atoms with Crippen LogP contribution in [0.5, 0.6) is 5.75 Å². The Hall–Kier alpha value is -3.43. The molecule has 26 nitrogen and oxygen atoms in total. The van der Waals surface area contributed by atoms with Crippen molar-refractivity contribution in [2.24, 2.45) is 0 Å². The molecule has 4 saturated heterocycles. The first-order valence-electron chi connectivity index (χ1n) is 24.5. The molecule has 17 unspecified atom stereocenters. The highest BCUT2D eigenvalue weighted by molar-refractivity contribution is 7.75. The Bertz CT molecular complexity index is 1900. The first-order valence-corrected chi connectivity index (χ1v) is 24.8. The monoisotopic (exact) mass is 1070 g/mol. The van der Waals surface area contributed by atoms with Crippen molar-refractivity contribution in [3.63, 3.8) is 0 Å². The highest BCUT2D eigenvalue weighted by Crippen LogP contribution is 2.35. The molecule has 27 heteroatoms. The van der Waals surface area contributed by atoms with Crippen molar-refractivity contribution < 1.29 is 107 Å². The molecule has 0 spiro atoms. The van der Waals surface area contributed by atoms with Crippen LogP contribution in [0.2, 0.25) is 0 Å². The maximum atomic E-state index is 13.8. The molecule has 5 rings (SSSR count). The number of ether oxygens (including phenoxy) is 8. The molecule has 4 fully saturated rings. The number of unbranched alkanes of at least 4 members (excludes halogenated alkanes) is 6. The van der Waals surface area contributed by atoms with Gasteiger partial charge in [-0.1, -0.05) is 51.5 Å². The van der Waals surface area contributed by atoms with Gasteiger partial charge in [0.05, 0.1) is 33.0 Å². The molecule has 1 aromatic carbocycles. The zero-order chi connectivity index (χ0) is 53.5. The molecule has 73 heavy (non-hydrogen) atoms. The van der Waals surface area contributed by atoms with Gasteiger partial charge in [0, 0.05) is 26.3 Å². The van der Waals surface area contributed by atoms with E-state index < -0.39 is 173 Å². The number of hydrogen-bond donors (Lipinski definition) is 14. The van der Waals surface area contributed by atoms with Crippen LogP contribution in [-0.4, -0.2) is 225 Å². The molecule has 4 heterocycles. The number of nitrogens with one attached hydrogen (secondary N) is 4. The van der Waals surface area contributed by atoms with Gasteiger partial charge < -0.3 is 109 Å². The van der Waals surface area contributed by atoms with Crippen LogP contribution in [-0.2, 0) is 51.7 Å². The van der Waals surface area contributed by atoms with Crippen molar-refractivity contribution in [1.29, 1.82) is 0 Å². The maximum Gasteiger partial charge on any atom is 0.251 e. The van der Waals surface area contributed by atoms with Crippen LogP contribution in [0.25, 0.3) is 0 Å². The molecule has 13 N–H and O–H groups in total. The van der Waals surface area contributed by atoms with Crippen LogP contribution in [0.4, 0.5) is 0 Å². The maximum absolute atomic E-state index is 13.8. The first kappa shape index (κ1) is 60.4. The standard InChI is InChI=1S/C46H74N4O22S/c1-5-6-7-8-9-10-11-15-64-25-14-12-13-24(16-25)42(62)50-31-35(58)34(57)26(17-51)67-44(31)70-39-27(18-52)68-45(32(37(39)60)48-22(3)55)71-40-28(19-53)69-46(33(38(40)61)49-23(4)56)72-41-29(20-65-73)66-43(63)30(36(41)59)47-21(2)54/h12-14,16,26-41,43-46,51-53,57-61,63,73H,5-11,15,17-20H2,1-4H3,(H,47,54)(H,48,55)(H,49,56)(H,50,62)/t26?,27?,28?,29?,30?,31-,32-,33-,34?,35?,36?,37?,38?,39?,40?,41?,43?,44?,45?,46?/m0/s1. The summed E-state index contributed by atoms with van der Waals surface area (Å²) in [6, 6.07) is -0.0633. The number of rotatable bonds is 25. The highest BCUT2D eigenvalue weighted by atomic mass is 32.1. The molecular formula is C46H74N4O22S. The van der Waals surface area contributed by atoms with Crippen molar-refractivity contribution in [3.05, 3.63) is 29.8 Å². The zero-order valence-corrected chi connectivity index (χ0v) is 42.0. The smallest absolute Gasteiger partial charge is 0.251 e. The summed E-state index contributed by atoms with van der Waals surface area (Å²) in [5.41, 5.74) is 0.0961. The van der Waals surface area contributed by atoms with Gasteiger partial charge in [-0.25, -0.2) is 0 Å². The summed E-state index contributed by atoms with van der Waals surface area (Å²) in [4.78, 5) is 51.0. The van der Waals surface area contributed by atoms with Crippen molar-refractivity contribution in [2.45, 2.75) is 195 Å². The summed E-state index contributed by atoms with van der Waals surface area (Å²) in [5, 5.41) is 109. The van der Waals surface area contributed by atoms with Crippen LogP contribution >= 0.6 is 12.9 Å². The van der Waals surface area contributed by atoms with Crippen LogP contribution in [0, 0.1) is 0 Å². The largest absolute Gasteiger partial charge is 0.494 e. The second-order valence-corrected chi connectivity index (χ2v) is 18.7. The molecule has 4 amide bonds. The lowest BCUT2D eigenvalue weighted by Gasteiger charge is -2.51. The normalized spacial score (nSPS) is 36.7. The lowest BCUT2D eigenvalue weighted by molar-refractivity contribution is -0.361. The van der Waals surface area contributed by atoms with E-state index in [-0.39, 0.29) is 5.56 Å². The van der Waals surface area contributed by atoms with E-state index >= 15 is 0 Å². The van der Waals surface area contributed by atoms with Crippen LogP contribution in [0.1, 0.15) is 83.0 Å². The topological polar surface area (TPSA) is 382 Å². The third-order valence-corrected chi connectivity index (χ3v) is 13.1. The quantitative estimate of drug-likeness (QED) is 0.0253. The highest BCUT2D eigenvalue weighted by Gasteiger charge is 2.56. The second-order valence-electron chi connectivity index (χ2n) is 18.5. The molecule has 0 aromatic heterocycles. The van der Waals surface area contributed by atoms with Crippen molar-refractivity contribution in [3.8, 4) is 5.75 Å². The molecule has 0 radical (unpaired) electrons. The van der Waals surface area contributed by atoms with Gasteiger partial charge >= 0.3 is 0 Å². The Balaban J connectivity index is 1.35. The molecular weight excluding hydrogens is 993 g/mol. The van der Waals surface area contributed by atoms with E-state index in [0.29, 0.717) is 12.4 Å². The number of benzene rings is 1. The zero-order valence-electron chi connectivity index (χ0n) is 41.1. The Morgan fingerprint density at radius 3 is 1.51 bits per heavy atom. The first-order chi connectivity index (χ1) is 34.9. The van der Waals surface area contributed by atoms with Gasteiger partial charge in [0.1, 0.15) is 103 Å². The van der Waals surface area contributed by atoms with Crippen molar-refractivity contribution >= 4 is 36.5 Å². The van der Waals surface area contributed by atoms with Gasteiger partial charge in [0.2, 0.25) is 17.7 Å². The van der Waals surface area contributed by atoms with Crippen LogP contribution in [0.15, 0.2) is 24.3 Å². The predicted octanol–water partition coefficient (Wildman–Crippen LogP) is -3.88. The Morgan fingerprint density at radius 1 is 0.562 bits per heavy atom. The van der Waals surface area contributed by atoms with Gasteiger partial charge in [-0.05, 0) is 37.5 Å². The minimum atomic E-state index is -1.93. The van der Waals surface area contributed by atoms with Gasteiger partial charge in [-0.2, -0.15) is 0 Å². The second kappa shape index (κ2) is 29.2. The molecule has 416 valence electrons. The van der Waals surface area contributed by atoms with Crippen molar-refractivity contribution in [2.75, 3.05) is 33.0 Å². The predicted molar refractivity (Wildman–Crippen MR) is 252 cm³/mol. The number of carbonyl (C=O) groups excluding carboxylic acids is 4. The van der Waals surface area contributed by atoms with Gasteiger partial charge in [0.25, 0.3) is 5.91 Å². The molecule has 20 atom stereocenters.